The van der Waals surface area contributed by atoms with Crippen molar-refractivity contribution in [3.63, 3.8) is 0 Å². The number of aryl methyl sites for hydroxylation is 1. The summed E-state index contributed by atoms with van der Waals surface area (Å²) in [6, 6.07) is 3.29. The van der Waals surface area contributed by atoms with Crippen molar-refractivity contribution >= 4 is 5.91 Å². The number of carbonyl (C=O) groups is 1. The highest BCUT2D eigenvalue weighted by Crippen LogP contribution is 2.38. The minimum atomic E-state index is -0.190. The van der Waals surface area contributed by atoms with Crippen LogP contribution in [0.3, 0.4) is 0 Å². The van der Waals surface area contributed by atoms with Gasteiger partial charge in [-0.25, -0.2) is 0 Å². The van der Waals surface area contributed by atoms with E-state index >= 15 is 0 Å². The summed E-state index contributed by atoms with van der Waals surface area (Å²) in [7, 11) is 4.59. The van der Waals surface area contributed by atoms with Gasteiger partial charge < -0.3 is 19.5 Å². The molecule has 0 fully saturated rings. The van der Waals surface area contributed by atoms with Gasteiger partial charge in [0.1, 0.15) is 0 Å². The van der Waals surface area contributed by atoms with E-state index < -0.39 is 0 Å². The molecule has 0 radical (unpaired) electrons. The highest BCUT2D eigenvalue weighted by atomic mass is 16.5. The molecule has 0 aliphatic heterocycles. The Labute approximate surface area is 153 Å². The Hall–Kier alpha value is -2.70. The van der Waals surface area contributed by atoms with Gasteiger partial charge in [0.25, 0.3) is 5.91 Å². The van der Waals surface area contributed by atoms with Crippen molar-refractivity contribution in [1.82, 2.24) is 15.1 Å². The maximum Gasteiger partial charge on any atom is 0.251 e. The maximum absolute atomic E-state index is 12.5. The first-order valence-electron chi connectivity index (χ1n) is 8.79. The van der Waals surface area contributed by atoms with Crippen LogP contribution in [0.2, 0.25) is 0 Å². The number of rotatable bonds is 7. The van der Waals surface area contributed by atoms with E-state index in [1.807, 2.05) is 10.9 Å². The Kier molecular flexibility index (Phi) is 5.65. The van der Waals surface area contributed by atoms with Crippen LogP contribution in [0.15, 0.2) is 18.3 Å². The molecule has 0 unspecified atom stereocenters. The van der Waals surface area contributed by atoms with Crippen LogP contribution >= 0.6 is 0 Å². The first-order valence-corrected chi connectivity index (χ1v) is 8.79. The predicted octanol–water partition coefficient (Wildman–Crippen LogP) is 2.22. The molecule has 0 bridgehead atoms. The number of carbonyl (C=O) groups excluding carboxylic acids is 1. The van der Waals surface area contributed by atoms with E-state index in [2.05, 4.69) is 10.4 Å². The number of methoxy groups -OCH3 is 3. The normalized spacial score (nSPS) is 13.0. The lowest BCUT2D eigenvalue weighted by Crippen LogP contribution is -2.28. The van der Waals surface area contributed by atoms with E-state index in [1.54, 1.807) is 12.1 Å². The van der Waals surface area contributed by atoms with E-state index in [4.69, 9.17) is 14.2 Å². The third kappa shape index (κ3) is 3.61. The molecule has 7 nitrogen and oxygen atoms in total. The van der Waals surface area contributed by atoms with E-state index in [1.165, 1.54) is 45.4 Å². The molecule has 1 amide bonds. The molecule has 1 aliphatic rings. The van der Waals surface area contributed by atoms with Gasteiger partial charge in [-0.15, -0.1) is 0 Å². The van der Waals surface area contributed by atoms with Crippen molar-refractivity contribution in [3.8, 4) is 17.2 Å². The number of amides is 1. The molecule has 1 N–H and O–H groups in total. The summed E-state index contributed by atoms with van der Waals surface area (Å²) in [6.45, 7) is 1.16. The molecule has 0 atom stereocenters. The molecule has 0 saturated heterocycles. The van der Waals surface area contributed by atoms with Crippen molar-refractivity contribution in [1.29, 1.82) is 0 Å². The van der Waals surface area contributed by atoms with Gasteiger partial charge in [-0.2, -0.15) is 5.10 Å². The summed E-state index contributed by atoms with van der Waals surface area (Å²) in [6.07, 6.45) is 6.56. The minimum Gasteiger partial charge on any atom is -0.493 e. The van der Waals surface area contributed by atoms with Crippen LogP contribution in [0.1, 0.15) is 34.5 Å². The molecule has 0 saturated carbocycles. The lowest BCUT2D eigenvalue weighted by molar-refractivity contribution is 0.0951. The Morgan fingerprint density at radius 1 is 1.12 bits per heavy atom. The van der Waals surface area contributed by atoms with Gasteiger partial charge in [-0.3, -0.25) is 9.48 Å². The molecular weight excluding hydrogens is 334 g/mol. The standard InChI is InChI=1S/C19H25N3O4/c1-24-16-10-14(11-17(25-2)18(16)26-3)19(23)20-8-9-22-15-7-5-4-6-13(15)12-21-22/h10-12H,4-9H2,1-3H3,(H,20,23). The molecular formula is C19H25N3O4. The van der Waals surface area contributed by atoms with E-state index in [9.17, 15) is 4.79 Å². The first-order chi connectivity index (χ1) is 12.7. The molecule has 1 heterocycles. The fourth-order valence-electron chi connectivity index (χ4n) is 3.34. The van der Waals surface area contributed by atoms with E-state index in [0.717, 1.165) is 12.8 Å². The van der Waals surface area contributed by atoms with Crippen LogP contribution in [-0.2, 0) is 19.4 Å². The number of hydrogen-bond donors (Lipinski definition) is 1. The Bertz CT molecular complexity index is 760. The molecule has 2 aromatic rings. The number of ether oxygens (including phenoxy) is 3. The average molecular weight is 359 g/mol. The lowest BCUT2D eigenvalue weighted by atomic mass is 9.98. The highest BCUT2D eigenvalue weighted by molar-refractivity contribution is 5.95. The van der Waals surface area contributed by atoms with Crippen LogP contribution in [0.25, 0.3) is 0 Å². The number of nitrogens with one attached hydrogen (secondary N) is 1. The van der Waals surface area contributed by atoms with Gasteiger partial charge in [0.15, 0.2) is 11.5 Å². The second kappa shape index (κ2) is 8.12. The third-order valence-corrected chi connectivity index (χ3v) is 4.68. The van der Waals surface area contributed by atoms with Gasteiger partial charge in [0, 0.05) is 17.8 Å². The molecule has 3 rings (SSSR count). The van der Waals surface area contributed by atoms with Gasteiger partial charge in [-0.1, -0.05) is 0 Å². The molecule has 1 aromatic heterocycles. The molecule has 0 spiro atoms. The molecule has 1 aromatic carbocycles. The molecule has 26 heavy (non-hydrogen) atoms. The van der Waals surface area contributed by atoms with Crippen LogP contribution in [0.5, 0.6) is 17.2 Å². The zero-order valence-electron chi connectivity index (χ0n) is 15.5. The van der Waals surface area contributed by atoms with Crippen molar-refractivity contribution < 1.29 is 19.0 Å². The van der Waals surface area contributed by atoms with Gasteiger partial charge in [0.2, 0.25) is 5.75 Å². The summed E-state index contributed by atoms with van der Waals surface area (Å²) in [5.74, 6) is 1.19. The lowest BCUT2D eigenvalue weighted by Gasteiger charge is -2.15. The number of aromatic nitrogens is 2. The zero-order valence-corrected chi connectivity index (χ0v) is 15.5. The number of fused-ring (bicyclic) bond motifs is 1. The summed E-state index contributed by atoms with van der Waals surface area (Å²) < 4.78 is 17.9. The Morgan fingerprint density at radius 3 is 2.46 bits per heavy atom. The molecule has 140 valence electrons. The van der Waals surface area contributed by atoms with Gasteiger partial charge >= 0.3 is 0 Å². The van der Waals surface area contributed by atoms with Crippen molar-refractivity contribution in [2.24, 2.45) is 0 Å². The quantitative estimate of drug-likeness (QED) is 0.820. The van der Waals surface area contributed by atoms with Crippen LogP contribution in [-0.4, -0.2) is 43.6 Å². The number of benzene rings is 1. The Morgan fingerprint density at radius 2 is 1.81 bits per heavy atom. The first kappa shape index (κ1) is 18.1. The SMILES string of the molecule is COc1cc(C(=O)NCCn2ncc3c2CCCC3)cc(OC)c1OC. The zero-order chi connectivity index (χ0) is 18.5. The molecule has 7 heteroatoms. The third-order valence-electron chi connectivity index (χ3n) is 4.68. The van der Waals surface area contributed by atoms with Gasteiger partial charge in [0.05, 0.1) is 34.1 Å². The highest BCUT2D eigenvalue weighted by Gasteiger charge is 2.18. The fraction of sp³-hybridized carbons (Fsp3) is 0.474. The van der Waals surface area contributed by atoms with E-state index in [0.29, 0.717) is 35.9 Å². The van der Waals surface area contributed by atoms with Crippen molar-refractivity contribution in [2.75, 3.05) is 27.9 Å². The molecule has 1 aliphatic carbocycles. The number of hydrogen-bond acceptors (Lipinski definition) is 5. The summed E-state index contributed by atoms with van der Waals surface area (Å²) in [4.78, 5) is 12.5. The van der Waals surface area contributed by atoms with Crippen LogP contribution in [0, 0.1) is 0 Å². The van der Waals surface area contributed by atoms with Crippen LogP contribution < -0.4 is 19.5 Å². The second-order valence-corrected chi connectivity index (χ2v) is 6.22. The predicted molar refractivity (Wildman–Crippen MR) is 97.3 cm³/mol. The minimum absolute atomic E-state index is 0.190. The van der Waals surface area contributed by atoms with Crippen LogP contribution in [0.4, 0.5) is 0 Å². The number of nitrogens with zero attached hydrogens (tertiary/aromatic N) is 2. The van der Waals surface area contributed by atoms with Crippen molar-refractivity contribution in [3.05, 3.63) is 35.2 Å². The summed E-state index contributed by atoms with van der Waals surface area (Å²) in [5.41, 5.74) is 3.10. The van der Waals surface area contributed by atoms with E-state index in [-0.39, 0.29) is 5.91 Å². The van der Waals surface area contributed by atoms with Gasteiger partial charge in [-0.05, 0) is 43.4 Å². The monoisotopic (exact) mass is 359 g/mol. The topological polar surface area (TPSA) is 74.6 Å². The summed E-state index contributed by atoms with van der Waals surface area (Å²) >= 11 is 0. The average Bonchev–Trinajstić information content (AvgIpc) is 3.09. The summed E-state index contributed by atoms with van der Waals surface area (Å²) in [5, 5.41) is 7.39. The fourth-order valence-corrected chi connectivity index (χ4v) is 3.34. The Balaban J connectivity index is 1.66. The largest absolute Gasteiger partial charge is 0.493 e. The van der Waals surface area contributed by atoms with Crippen molar-refractivity contribution in [2.45, 2.75) is 32.2 Å². The maximum atomic E-state index is 12.5. The second-order valence-electron chi connectivity index (χ2n) is 6.22. The smallest absolute Gasteiger partial charge is 0.251 e.